The first kappa shape index (κ1) is 12.6. The van der Waals surface area contributed by atoms with Crippen molar-refractivity contribution >= 4 is 0 Å². The Balaban J connectivity index is 2.35. The van der Waals surface area contributed by atoms with E-state index in [1.54, 1.807) is 19.1 Å². The zero-order valence-corrected chi connectivity index (χ0v) is 10.7. The highest BCUT2D eigenvalue weighted by molar-refractivity contribution is 5.52. The fourth-order valence-electron chi connectivity index (χ4n) is 2.17. The zero-order chi connectivity index (χ0) is 13.3. The Morgan fingerprint density at radius 3 is 2.83 bits per heavy atom. The van der Waals surface area contributed by atoms with Crippen LogP contribution in [-0.2, 0) is 0 Å². The van der Waals surface area contributed by atoms with E-state index in [0.29, 0.717) is 0 Å². The maximum absolute atomic E-state index is 13.4. The van der Waals surface area contributed by atoms with E-state index in [1.807, 2.05) is 13.1 Å². The molecule has 0 aromatic carbocycles. The maximum atomic E-state index is 13.4. The molecule has 2 atom stereocenters. The van der Waals surface area contributed by atoms with E-state index in [9.17, 15) is 4.39 Å². The molecule has 0 fully saturated rings. The third kappa shape index (κ3) is 1.88. The third-order valence-electron chi connectivity index (χ3n) is 3.40. The first-order valence-corrected chi connectivity index (χ1v) is 5.88. The summed E-state index contributed by atoms with van der Waals surface area (Å²) < 4.78 is 13.4. The van der Waals surface area contributed by atoms with Crippen LogP contribution in [0.3, 0.4) is 0 Å². The van der Waals surface area contributed by atoms with Crippen molar-refractivity contribution in [3.63, 3.8) is 0 Å². The van der Waals surface area contributed by atoms with Crippen LogP contribution in [0.1, 0.15) is 13.8 Å². The Labute approximate surface area is 107 Å². The minimum atomic E-state index is -0.462. The van der Waals surface area contributed by atoms with Gasteiger partial charge in [-0.3, -0.25) is 0 Å². The minimum absolute atomic E-state index is 0.165. The van der Waals surface area contributed by atoms with Gasteiger partial charge >= 0.3 is 0 Å². The van der Waals surface area contributed by atoms with Crippen LogP contribution in [-0.4, -0.2) is 11.6 Å². The summed E-state index contributed by atoms with van der Waals surface area (Å²) >= 11 is 0. The number of halogens is 1. The van der Waals surface area contributed by atoms with Gasteiger partial charge in [-0.05, 0) is 31.6 Å². The molecular formula is C14H18FN3. The van der Waals surface area contributed by atoms with Gasteiger partial charge in [-0.25, -0.2) is 9.82 Å². The van der Waals surface area contributed by atoms with Crippen molar-refractivity contribution in [2.45, 2.75) is 25.4 Å². The van der Waals surface area contributed by atoms with Crippen molar-refractivity contribution in [2.75, 3.05) is 0 Å². The summed E-state index contributed by atoms with van der Waals surface area (Å²) in [6, 6.07) is -0.317. The van der Waals surface area contributed by atoms with Gasteiger partial charge in [-0.15, -0.1) is 0 Å². The smallest absolute Gasteiger partial charge is 0.122 e. The fraction of sp³-hybridized carbons (Fsp3) is 0.286. The van der Waals surface area contributed by atoms with Crippen molar-refractivity contribution in [3.05, 3.63) is 60.3 Å². The van der Waals surface area contributed by atoms with Gasteiger partial charge in [0.25, 0.3) is 0 Å². The third-order valence-corrected chi connectivity index (χ3v) is 3.40. The van der Waals surface area contributed by atoms with E-state index in [4.69, 9.17) is 0 Å². The van der Waals surface area contributed by atoms with Gasteiger partial charge in [0.15, 0.2) is 0 Å². The molecule has 96 valence electrons. The van der Waals surface area contributed by atoms with Crippen molar-refractivity contribution in [2.24, 2.45) is 0 Å². The highest BCUT2D eigenvalue weighted by Gasteiger charge is 2.38. The van der Waals surface area contributed by atoms with Crippen molar-refractivity contribution < 1.29 is 4.39 Å². The molecule has 0 spiro atoms. The molecule has 0 saturated heterocycles. The van der Waals surface area contributed by atoms with E-state index in [-0.39, 0.29) is 11.9 Å². The van der Waals surface area contributed by atoms with Gasteiger partial charge in [-0.1, -0.05) is 19.2 Å². The van der Waals surface area contributed by atoms with Crippen LogP contribution in [0.4, 0.5) is 4.39 Å². The van der Waals surface area contributed by atoms with Gasteiger partial charge in [-0.2, -0.15) is 0 Å². The van der Waals surface area contributed by atoms with Crippen LogP contribution in [0, 0.1) is 0 Å². The molecule has 0 radical (unpaired) electrons. The predicted molar refractivity (Wildman–Crippen MR) is 72.0 cm³/mol. The monoisotopic (exact) mass is 247 g/mol. The molecule has 2 aliphatic rings. The first-order valence-electron chi connectivity index (χ1n) is 5.88. The largest absolute Gasteiger partial charge is 0.378 e. The molecule has 0 aliphatic carbocycles. The Hall–Kier alpha value is -1.81. The molecule has 0 aromatic rings. The average Bonchev–Trinajstić information content (AvgIpc) is 2.75. The topological polar surface area (TPSA) is 36.1 Å². The highest BCUT2D eigenvalue weighted by Crippen LogP contribution is 2.33. The number of dihydropyridines is 1. The SMILES string of the molecule is C=CC(=C)C1=CNNC1(C)C1=CC=C(F)C(C)N1. The Bertz CT molecular complexity index is 487. The van der Waals surface area contributed by atoms with Crippen molar-refractivity contribution in [3.8, 4) is 0 Å². The fourth-order valence-corrected chi connectivity index (χ4v) is 2.17. The molecule has 18 heavy (non-hydrogen) atoms. The number of allylic oxidation sites excluding steroid dienone is 3. The van der Waals surface area contributed by atoms with Gasteiger partial charge in [0.2, 0.25) is 0 Å². The molecule has 0 amide bonds. The number of nitrogens with one attached hydrogen (secondary N) is 3. The van der Waals surface area contributed by atoms with Crippen LogP contribution in [0.15, 0.2) is 60.3 Å². The van der Waals surface area contributed by atoms with Crippen LogP contribution < -0.4 is 16.2 Å². The lowest BCUT2D eigenvalue weighted by Gasteiger charge is -2.34. The lowest BCUT2D eigenvalue weighted by Crippen LogP contribution is -2.51. The molecule has 2 heterocycles. The van der Waals surface area contributed by atoms with Gasteiger partial charge < -0.3 is 10.7 Å². The molecule has 2 aliphatic heterocycles. The lowest BCUT2D eigenvalue weighted by molar-refractivity contribution is 0.421. The normalized spacial score (nSPS) is 30.6. The maximum Gasteiger partial charge on any atom is 0.122 e. The van der Waals surface area contributed by atoms with Crippen molar-refractivity contribution in [1.29, 1.82) is 0 Å². The van der Waals surface area contributed by atoms with E-state index in [0.717, 1.165) is 16.8 Å². The lowest BCUT2D eigenvalue weighted by atomic mass is 9.84. The molecule has 4 heteroatoms. The number of hydrazine groups is 1. The van der Waals surface area contributed by atoms with Gasteiger partial charge in [0.05, 0.1) is 6.04 Å². The summed E-state index contributed by atoms with van der Waals surface area (Å²) in [7, 11) is 0. The second-order valence-corrected chi connectivity index (χ2v) is 4.68. The summed E-state index contributed by atoms with van der Waals surface area (Å²) in [6.07, 6.45) is 6.81. The van der Waals surface area contributed by atoms with E-state index in [1.165, 1.54) is 6.08 Å². The second kappa shape index (κ2) is 4.46. The number of hydrogen-bond donors (Lipinski definition) is 3. The molecule has 0 aromatic heterocycles. The van der Waals surface area contributed by atoms with E-state index in [2.05, 4.69) is 29.3 Å². The molecule has 0 saturated carbocycles. The Kier molecular flexibility index (Phi) is 3.13. The van der Waals surface area contributed by atoms with Gasteiger partial charge in [0.1, 0.15) is 11.4 Å². The van der Waals surface area contributed by atoms with Crippen LogP contribution >= 0.6 is 0 Å². The summed E-state index contributed by atoms with van der Waals surface area (Å²) in [5, 5.41) is 3.16. The number of rotatable bonds is 3. The van der Waals surface area contributed by atoms with Gasteiger partial charge in [0, 0.05) is 17.5 Å². The summed E-state index contributed by atoms with van der Waals surface area (Å²) in [5.74, 6) is -0.165. The molecule has 3 nitrogen and oxygen atoms in total. The molecule has 2 unspecified atom stereocenters. The predicted octanol–water partition coefficient (Wildman–Crippen LogP) is 2.21. The summed E-state index contributed by atoms with van der Waals surface area (Å²) in [4.78, 5) is 0. The number of hydrogen-bond acceptors (Lipinski definition) is 3. The van der Waals surface area contributed by atoms with Crippen molar-refractivity contribution in [1.82, 2.24) is 16.2 Å². The molecular weight excluding hydrogens is 229 g/mol. The van der Waals surface area contributed by atoms with E-state index >= 15 is 0 Å². The van der Waals surface area contributed by atoms with E-state index < -0.39 is 5.54 Å². The van der Waals surface area contributed by atoms with Crippen LogP contribution in [0.5, 0.6) is 0 Å². The van der Waals surface area contributed by atoms with Crippen LogP contribution in [0.2, 0.25) is 0 Å². The zero-order valence-electron chi connectivity index (χ0n) is 10.7. The Morgan fingerprint density at radius 2 is 2.22 bits per heavy atom. The molecule has 0 bridgehead atoms. The molecule has 2 rings (SSSR count). The highest BCUT2D eigenvalue weighted by atomic mass is 19.1. The minimum Gasteiger partial charge on any atom is -0.378 e. The second-order valence-electron chi connectivity index (χ2n) is 4.68. The first-order chi connectivity index (χ1) is 8.49. The standard InChI is InChI=1S/C14H18FN3/c1-5-9(2)11-8-16-18-14(11,4)13-7-6-12(15)10(3)17-13/h5-8,10,16-18H,1-2H2,3-4H3. The quantitative estimate of drug-likeness (QED) is 0.669. The Morgan fingerprint density at radius 1 is 1.50 bits per heavy atom. The van der Waals surface area contributed by atoms with Crippen LogP contribution in [0.25, 0.3) is 0 Å². The summed E-state index contributed by atoms with van der Waals surface area (Å²) in [5.41, 5.74) is 8.41. The average molecular weight is 247 g/mol. The molecule has 3 N–H and O–H groups in total. The summed E-state index contributed by atoms with van der Waals surface area (Å²) in [6.45, 7) is 11.5.